The molecule has 84 valence electrons. The van der Waals surface area contributed by atoms with Crippen molar-refractivity contribution in [1.82, 2.24) is 19.7 Å². The van der Waals surface area contributed by atoms with Crippen LogP contribution < -0.4 is 5.32 Å². The van der Waals surface area contributed by atoms with Gasteiger partial charge in [-0.2, -0.15) is 5.10 Å². The number of anilines is 1. The number of aryl methyl sites for hydroxylation is 1. The van der Waals surface area contributed by atoms with Crippen LogP contribution in [0, 0.1) is 13.8 Å². The van der Waals surface area contributed by atoms with Crippen molar-refractivity contribution in [2.75, 3.05) is 12.4 Å². The van der Waals surface area contributed by atoms with Gasteiger partial charge in [-0.15, -0.1) is 0 Å². The van der Waals surface area contributed by atoms with E-state index in [0.29, 0.717) is 10.8 Å². The number of hydrogen-bond acceptors (Lipinski definition) is 4. The highest BCUT2D eigenvalue weighted by molar-refractivity contribution is 6.30. The van der Waals surface area contributed by atoms with E-state index in [1.54, 1.807) is 17.1 Å². The minimum absolute atomic E-state index is 0.585. The Morgan fingerprint density at radius 3 is 2.62 bits per heavy atom. The maximum atomic E-state index is 5.83. The third kappa shape index (κ3) is 1.86. The van der Waals surface area contributed by atoms with Crippen LogP contribution in [-0.2, 0) is 0 Å². The van der Waals surface area contributed by atoms with Crippen molar-refractivity contribution in [3.63, 3.8) is 0 Å². The standard InChI is InChI=1S/C10H12ClN5/c1-6-9(12-3)14-7(2)15-10(6)16-5-8(11)4-13-16/h4-5H,1-3H3,(H,12,14,15). The molecule has 0 spiro atoms. The van der Waals surface area contributed by atoms with Crippen LogP contribution in [0.5, 0.6) is 0 Å². The summed E-state index contributed by atoms with van der Waals surface area (Å²) in [5, 5.41) is 7.74. The Kier molecular flexibility index (Phi) is 2.78. The first-order valence-corrected chi connectivity index (χ1v) is 5.23. The molecule has 0 saturated heterocycles. The fourth-order valence-electron chi connectivity index (χ4n) is 1.50. The Morgan fingerprint density at radius 1 is 1.31 bits per heavy atom. The molecule has 0 atom stereocenters. The van der Waals surface area contributed by atoms with E-state index in [9.17, 15) is 0 Å². The van der Waals surface area contributed by atoms with Crippen LogP contribution in [0.1, 0.15) is 11.4 Å². The normalized spacial score (nSPS) is 10.5. The highest BCUT2D eigenvalue weighted by atomic mass is 35.5. The Balaban J connectivity index is 2.60. The average Bonchev–Trinajstić information content (AvgIpc) is 2.67. The average molecular weight is 238 g/mol. The van der Waals surface area contributed by atoms with Gasteiger partial charge < -0.3 is 5.32 Å². The van der Waals surface area contributed by atoms with Gasteiger partial charge in [0.15, 0.2) is 5.82 Å². The molecular weight excluding hydrogens is 226 g/mol. The molecule has 0 aliphatic heterocycles. The second kappa shape index (κ2) is 4.09. The molecule has 16 heavy (non-hydrogen) atoms. The fourth-order valence-corrected chi connectivity index (χ4v) is 1.63. The summed E-state index contributed by atoms with van der Waals surface area (Å²) in [4.78, 5) is 8.64. The number of nitrogens with one attached hydrogen (secondary N) is 1. The van der Waals surface area contributed by atoms with Gasteiger partial charge >= 0.3 is 0 Å². The van der Waals surface area contributed by atoms with Gasteiger partial charge in [0, 0.05) is 12.6 Å². The number of nitrogens with zero attached hydrogens (tertiary/aromatic N) is 4. The van der Waals surface area contributed by atoms with Crippen LogP contribution in [0.25, 0.3) is 5.82 Å². The Morgan fingerprint density at radius 2 is 2.06 bits per heavy atom. The molecule has 0 aromatic carbocycles. The maximum Gasteiger partial charge on any atom is 0.162 e. The van der Waals surface area contributed by atoms with Crippen molar-refractivity contribution in [2.45, 2.75) is 13.8 Å². The van der Waals surface area contributed by atoms with E-state index in [0.717, 1.165) is 17.2 Å². The first kappa shape index (κ1) is 10.9. The molecule has 0 aliphatic carbocycles. The van der Waals surface area contributed by atoms with E-state index in [1.165, 1.54) is 0 Å². The minimum Gasteiger partial charge on any atom is -0.373 e. The van der Waals surface area contributed by atoms with E-state index < -0.39 is 0 Å². The van der Waals surface area contributed by atoms with E-state index in [2.05, 4.69) is 20.4 Å². The lowest BCUT2D eigenvalue weighted by atomic mass is 10.3. The quantitative estimate of drug-likeness (QED) is 0.868. The lowest BCUT2D eigenvalue weighted by Crippen LogP contribution is -2.08. The molecular formula is C10H12ClN5. The molecule has 6 heteroatoms. The van der Waals surface area contributed by atoms with E-state index in [4.69, 9.17) is 11.6 Å². The third-order valence-corrected chi connectivity index (χ3v) is 2.43. The molecule has 0 bridgehead atoms. The zero-order valence-electron chi connectivity index (χ0n) is 9.32. The van der Waals surface area contributed by atoms with Crippen molar-refractivity contribution >= 4 is 17.4 Å². The first-order chi connectivity index (χ1) is 7.61. The summed E-state index contributed by atoms with van der Waals surface area (Å²) in [6, 6.07) is 0. The van der Waals surface area contributed by atoms with Gasteiger partial charge in [-0.05, 0) is 13.8 Å². The second-order valence-corrected chi connectivity index (χ2v) is 3.86. The van der Waals surface area contributed by atoms with Crippen LogP contribution in [0.2, 0.25) is 5.02 Å². The molecule has 1 N–H and O–H groups in total. The lowest BCUT2D eigenvalue weighted by Gasteiger charge is -2.10. The van der Waals surface area contributed by atoms with Crippen LogP contribution in [-0.4, -0.2) is 26.8 Å². The molecule has 0 amide bonds. The van der Waals surface area contributed by atoms with Crippen LogP contribution in [0.3, 0.4) is 0 Å². The summed E-state index contributed by atoms with van der Waals surface area (Å²) in [7, 11) is 1.83. The smallest absolute Gasteiger partial charge is 0.162 e. The van der Waals surface area contributed by atoms with Gasteiger partial charge in [-0.3, -0.25) is 0 Å². The summed E-state index contributed by atoms with van der Waals surface area (Å²) >= 11 is 5.83. The molecule has 0 unspecified atom stereocenters. The maximum absolute atomic E-state index is 5.83. The topological polar surface area (TPSA) is 55.6 Å². The van der Waals surface area contributed by atoms with Crippen molar-refractivity contribution in [1.29, 1.82) is 0 Å². The van der Waals surface area contributed by atoms with Crippen molar-refractivity contribution in [3.8, 4) is 5.82 Å². The van der Waals surface area contributed by atoms with Gasteiger partial charge in [0.2, 0.25) is 0 Å². The Bertz CT molecular complexity index is 520. The number of halogens is 1. The molecule has 5 nitrogen and oxygen atoms in total. The highest BCUT2D eigenvalue weighted by Gasteiger charge is 2.10. The molecule has 0 saturated carbocycles. The lowest BCUT2D eigenvalue weighted by molar-refractivity contribution is 0.819. The van der Waals surface area contributed by atoms with E-state index in [-0.39, 0.29) is 0 Å². The van der Waals surface area contributed by atoms with Crippen LogP contribution in [0.15, 0.2) is 12.4 Å². The monoisotopic (exact) mass is 237 g/mol. The van der Waals surface area contributed by atoms with E-state index in [1.807, 2.05) is 20.9 Å². The molecule has 0 fully saturated rings. The van der Waals surface area contributed by atoms with Crippen LogP contribution in [0.4, 0.5) is 5.82 Å². The van der Waals surface area contributed by atoms with Gasteiger partial charge in [-0.25, -0.2) is 14.6 Å². The summed E-state index contributed by atoms with van der Waals surface area (Å²) in [6.45, 7) is 3.78. The van der Waals surface area contributed by atoms with Crippen molar-refractivity contribution in [3.05, 3.63) is 28.8 Å². The van der Waals surface area contributed by atoms with Crippen molar-refractivity contribution < 1.29 is 0 Å². The van der Waals surface area contributed by atoms with Gasteiger partial charge in [-0.1, -0.05) is 11.6 Å². The Labute approximate surface area is 98.5 Å². The third-order valence-electron chi connectivity index (χ3n) is 2.24. The number of hydrogen-bond donors (Lipinski definition) is 1. The molecule has 0 aliphatic rings. The molecule has 2 aromatic heterocycles. The number of rotatable bonds is 2. The second-order valence-electron chi connectivity index (χ2n) is 3.42. The largest absolute Gasteiger partial charge is 0.373 e. The summed E-state index contributed by atoms with van der Waals surface area (Å²) in [5.74, 6) is 2.23. The molecule has 2 heterocycles. The predicted molar refractivity (Wildman–Crippen MR) is 63.2 cm³/mol. The highest BCUT2D eigenvalue weighted by Crippen LogP contribution is 2.19. The number of aromatic nitrogens is 4. The summed E-state index contributed by atoms with van der Waals surface area (Å²) < 4.78 is 1.65. The predicted octanol–water partition coefficient (Wildman–Crippen LogP) is 1.97. The zero-order chi connectivity index (χ0) is 11.7. The van der Waals surface area contributed by atoms with Crippen LogP contribution >= 0.6 is 11.6 Å². The molecule has 0 radical (unpaired) electrons. The first-order valence-electron chi connectivity index (χ1n) is 4.85. The molecule has 2 rings (SSSR count). The Hall–Kier alpha value is -1.62. The molecule has 2 aromatic rings. The minimum atomic E-state index is 0.585. The summed E-state index contributed by atoms with van der Waals surface area (Å²) in [5.41, 5.74) is 0.938. The van der Waals surface area contributed by atoms with E-state index >= 15 is 0 Å². The zero-order valence-corrected chi connectivity index (χ0v) is 10.1. The van der Waals surface area contributed by atoms with Crippen molar-refractivity contribution in [2.24, 2.45) is 0 Å². The van der Waals surface area contributed by atoms with Gasteiger partial charge in [0.1, 0.15) is 11.6 Å². The summed E-state index contributed by atoms with van der Waals surface area (Å²) in [6.07, 6.45) is 3.30. The van der Waals surface area contributed by atoms with Gasteiger partial charge in [0.05, 0.1) is 17.4 Å². The SMILES string of the molecule is CNc1nc(C)nc(-n2cc(Cl)cn2)c1C. The fraction of sp³-hybridized carbons (Fsp3) is 0.300. The van der Waals surface area contributed by atoms with Gasteiger partial charge in [0.25, 0.3) is 0 Å².